The normalized spacial score (nSPS) is 11.4. The second-order valence-corrected chi connectivity index (χ2v) is 7.11. The first-order chi connectivity index (χ1) is 14.7. The van der Waals surface area contributed by atoms with Crippen molar-refractivity contribution >= 4 is 29.2 Å². The number of amides is 1. The molecule has 0 fully saturated rings. The number of ether oxygens (including phenoxy) is 3. The van der Waals surface area contributed by atoms with Gasteiger partial charge in [0.15, 0.2) is 18.1 Å². The van der Waals surface area contributed by atoms with Gasteiger partial charge in [0.1, 0.15) is 0 Å². The molecule has 31 heavy (non-hydrogen) atoms. The Balaban J connectivity index is 2.10. The molecule has 0 aliphatic heterocycles. The summed E-state index contributed by atoms with van der Waals surface area (Å²) >= 11 is 5.81. The van der Waals surface area contributed by atoms with E-state index < -0.39 is 23.4 Å². The second kappa shape index (κ2) is 11.2. The van der Waals surface area contributed by atoms with Gasteiger partial charge in [-0.25, -0.2) is 4.79 Å². The smallest absolute Gasteiger partial charge is 0.338 e. The summed E-state index contributed by atoms with van der Waals surface area (Å²) in [5, 5.41) is 14.2. The predicted octanol–water partition coefficient (Wildman–Crippen LogP) is 4.51. The third-order valence-electron chi connectivity index (χ3n) is 4.20. The van der Waals surface area contributed by atoms with Gasteiger partial charge < -0.3 is 19.5 Å². The number of methoxy groups -OCH3 is 1. The van der Waals surface area contributed by atoms with Crippen molar-refractivity contribution in [2.45, 2.75) is 32.7 Å². The Labute approximate surface area is 184 Å². The van der Waals surface area contributed by atoms with Crippen LogP contribution in [0.4, 0.5) is 5.69 Å². The van der Waals surface area contributed by atoms with Crippen LogP contribution in [0.25, 0.3) is 0 Å². The Morgan fingerprint density at radius 3 is 2.52 bits per heavy atom. The summed E-state index contributed by atoms with van der Waals surface area (Å²) in [6.07, 6.45) is 1.75. The van der Waals surface area contributed by atoms with E-state index in [1.54, 1.807) is 0 Å². The molecule has 0 aromatic heterocycles. The number of nitrogens with zero attached hydrogens (tertiary/aromatic N) is 1. The number of esters is 1. The molecule has 2 aromatic carbocycles. The topological polar surface area (TPSA) is 117 Å². The number of carbonyl (C=O) groups excluding carboxylic acids is 2. The van der Waals surface area contributed by atoms with Gasteiger partial charge in [0, 0.05) is 17.1 Å². The van der Waals surface area contributed by atoms with E-state index >= 15 is 0 Å². The summed E-state index contributed by atoms with van der Waals surface area (Å²) in [6.45, 7) is 3.47. The molecule has 0 aliphatic rings. The van der Waals surface area contributed by atoms with E-state index in [4.69, 9.17) is 25.8 Å². The molecular weight excluding hydrogens is 428 g/mol. The lowest BCUT2D eigenvalue weighted by Crippen LogP contribution is -2.35. The molecular formula is C21H23ClN2O7. The van der Waals surface area contributed by atoms with Gasteiger partial charge in [-0.3, -0.25) is 14.9 Å². The number of halogens is 1. The van der Waals surface area contributed by atoms with Gasteiger partial charge in [-0.2, -0.15) is 0 Å². The average Bonchev–Trinajstić information content (AvgIpc) is 2.73. The molecule has 0 aliphatic carbocycles. The molecule has 0 saturated heterocycles. The van der Waals surface area contributed by atoms with Crippen molar-refractivity contribution in [1.82, 2.24) is 5.32 Å². The van der Waals surface area contributed by atoms with Crippen molar-refractivity contribution in [3.63, 3.8) is 0 Å². The minimum atomic E-state index is -0.722. The molecule has 0 spiro atoms. The van der Waals surface area contributed by atoms with Gasteiger partial charge in [0.05, 0.1) is 17.6 Å². The molecule has 0 saturated carbocycles. The van der Waals surface area contributed by atoms with Crippen molar-refractivity contribution in [1.29, 1.82) is 0 Å². The van der Waals surface area contributed by atoms with Crippen LogP contribution in [-0.2, 0) is 9.53 Å². The van der Waals surface area contributed by atoms with Crippen molar-refractivity contribution in [2.24, 2.45) is 0 Å². The third-order valence-corrected chi connectivity index (χ3v) is 4.44. The van der Waals surface area contributed by atoms with Crippen LogP contribution in [0.1, 0.15) is 37.0 Å². The zero-order valence-corrected chi connectivity index (χ0v) is 18.1. The maximum absolute atomic E-state index is 12.3. The number of rotatable bonds is 10. The molecule has 166 valence electrons. The number of hydrogen-bond acceptors (Lipinski definition) is 7. The molecule has 0 heterocycles. The maximum Gasteiger partial charge on any atom is 0.338 e. The van der Waals surface area contributed by atoms with Crippen LogP contribution in [0.15, 0.2) is 36.4 Å². The molecule has 2 aromatic rings. The minimum absolute atomic E-state index is 0.00958. The highest BCUT2D eigenvalue weighted by Gasteiger charge is 2.20. The molecule has 0 bridgehead atoms. The van der Waals surface area contributed by atoms with Gasteiger partial charge in [0.25, 0.3) is 5.91 Å². The minimum Gasteiger partial charge on any atom is -0.493 e. The van der Waals surface area contributed by atoms with Crippen molar-refractivity contribution in [2.75, 3.05) is 13.7 Å². The summed E-state index contributed by atoms with van der Waals surface area (Å²) in [6, 6.07) is 8.15. The van der Waals surface area contributed by atoms with Crippen LogP contribution in [0.3, 0.4) is 0 Å². The molecule has 1 amide bonds. The van der Waals surface area contributed by atoms with E-state index in [0.717, 1.165) is 12.8 Å². The molecule has 0 radical (unpaired) electrons. The van der Waals surface area contributed by atoms with Crippen LogP contribution in [-0.4, -0.2) is 36.6 Å². The molecule has 1 N–H and O–H groups in total. The quantitative estimate of drug-likeness (QED) is 0.321. The van der Waals surface area contributed by atoms with Crippen LogP contribution in [0.2, 0.25) is 5.02 Å². The van der Waals surface area contributed by atoms with Gasteiger partial charge in [-0.05, 0) is 43.7 Å². The summed E-state index contributed by atoms with van der Waals surface area (Å²) in [7, 11) is 1.36. The van der Waals surface area contributed by atoms with Gasteiger partial charge in [-0.1, -0.05) is 24.9 Å². The summed E-state index contributed by atoms with van der Waals surface area (Å²) in [5.74, 6) is -0.854. The van der Waals surface area contributed by atoms with E-state index in [2.05, 4.69) is 5.32 Å². The number of nitrogens with one attached hydrogen (secondary N) is 1. The monoisotopic (exact) mass is 450 g/mol. The fraction of sp³-hybridized carbons (Fsp3) is 0.333. The average molecular weight is 451 g/mol. The second-order valence-electron chi connectivity index (χ2n) is 6.67. The van der Waals surface area contributed by atoms with E-state index in [1.807, 2.05) is 13.8 Å². The van der Waals surface area contributed by atoms with Crippen LogP contribution < -0.4 is 14.8 Å². The van der Waals surface area contributed by atoms with E-state index in [0.29, 0.717) is 0 Å². The fourth-order valence-corrected chi connectivity index (χ4v) is 2.92. The summed E-state index contributed by atoms with van der Waals surface area (Å²) in [4.78, 5) is 34.7. The fourth-order valence-electron chi connectivity index (χ4n) is 2.75. The number of benzene rings is 2. The highest BCUT2D eigenvalue weighted by molar-refractivity contribution is 6.30. The Bertz CT molecular complexity index is 965. The predicted molar refractivity (Wildman–Crippen MR) is 114 cm³/mol. The Morgan fingerprint density at radius 2 is 1.87 bits per heavy atom. The van der Waals surface area contributed by atoms with Crippen LogP contribution in [0, 0.1) is 10.1 Å². The van der Waals surface area contributed by atoms with Crippen LogP contribution in [0.5, 0.6) is 17.2 Å². The standard InChI is InChI=1S/C21H23ClN2O7/c1-4-5-13(2)23-20(25)12-30-21(26)14-6-8-18(19(10-14)29-3)31-17-9-7-15(22)11-16(17)24(27)28/h6-11,13H,4-5,12H2,1-3H3,(H,23,25)/t13-/m0/s1. The molecule has 0 unspecified atom stereocenters. The highest BCUT2D eigenvalue weighted by atomic mass is 35.5. The summed E-state index contributed by atoms with van der Waals surface area (Å²) < 4.78 is 15.9. The zero-order chi connectivity index (χ0) is 23.0. The molecule has 2 rings (SSSR count). The van der Waals surface area contributed by atoms with Crippen molar-refractivity contribution < 1.29 is 28.7 Å². The van der Waals surface area contributed by atoms with Crippen molar-refractivity contribution in [3.05, 3.63) is 57.1 Å². The maximum atomic E-state index is 12.3. The first kappa shape index (κ1) is 23.9. The van der Waals surface area contributed by atoms with Gasteiger partial charge in [0.2, 0.25) is 5.75 Å². The van der Waals surface area contributed by atoms with E-state index in [-0.39, 0.29) is 39.6 Å². The van der Waals surface area contributed by atoms with Crippen molar-refractivity contribution in [3.8, 4) is 17.2 Å². The first-order valence-electron chi connectivity index (χ1n) is 9.51. The zero-order valence-electron chi connectivity index (χ0n) is 17.3. The molecule has 1 atom stereocenters. The lowest BCUT2D eigenvalue weighted by molar-refractivity contribution is -0.385. The molecule has 9 nitrogen and oxygen atoms in total. The Hall–Kier alpha value is -3.33. The van der Waals surface area contributed by atoms with Gasteiger partial charge >= 0.3 is 11.7 Å². The SMILES string of the molecule is CCC[C@H](C)NC(=O)COC(=O)c1ccc(Oc2ccc(Cl)cc2[N+](=O)[O-])c(OC)c1. The number of carbonyl (C=O) groups is 2. The Kier molecular flexibility index (Phi) is 8.63. The lowest BCUT2D eigenvalue weighted by Gasteiger charge is -2.13. The third kappa shape index (κ3) is 6.85. The number of nitro groups is 1. The largest absolute Gasteiger partial charge is 0.493 e. The molecule has 10 heteroatoms. The van der Waals surface area contributed by atoms with Gasteiger partial charge in [-0.15, -0.1) is 0 Å². The summed E-state index contributed by atoms with van der Waals surface area (Å²) in [5.41, 5.74) is -0.189. The van der Waals surface area contributed by atoms with E-state index in [1.165, 1.54) is 43.5 Å². The Morgan fingerprint density at radius 1 is 1.16 bits per heavy atom. The van der Waals surface area contributed by atoms with E-state index in [9.17, 15) is 19.7 Å². The number of hydrogen-bond donors (Lipinski definition) is 1. The lowest BCUT2D eigenvalue weighted by atomic mass is 10.2. The van der Waals surface area contributed by atoms with Crippen LogP contribution >= 0.6 is 11.6 Å². The highest BCUT2D eigenvalue weighted by Crippen LogP contribution is 2.37. The number of nitro benzene ring substituents is 1. The first-order valence-corrected chi connectivity index (χ1v) is 9.89.